The van der Waals surface area contributed by atoms with E-state index < -0.39 is 0 Å². The summed E-state index contributed by atoms with van der Waals surface area (Å²) in [6.07, 6.45) is 4.59. The van der Waals surface area contributed by atoms with Crippen molar-refractivity contribution in [1.82, 2.24) is 15.2 Å². The number of hydrogen-bond donors (Lipinski definition) is 1. The quantitative estimate of drug-likeness (QED) is 0.580. The number of hydrogen-bond acceptors (Lipinski definition) is 7. The summed E-state index contributed by atoms with van der Waals surface area (Å²) in [7, 11) is 3.85. The van der Waals surface area contributed by atoms with Gasteiger partial charge in [-0.3, -0.25) is 0 Å². The molecular weight excluding hydrogens is 430 g/mol. The zero-order valence-electron chi connectivity index (χ0n) is 20.2. The van der Waals surface area contributed by atoms with E-state index in [0.29, 0.717) is 5.41 Å². The van der Waals surface area contributed by atoms with Crippen molar-refractivity contribution < 1.29 is 18.6 Å². The van der Waals surface area contributed by atoms with Crippen LogP contribution in [0.3, 0.4) is 0 Å². The Morgan fingerprint density at radius 1 is 1.00 bits per heavy atom. The molecule has 3 aliphatic rings. The number of ether oxygens (including phenoxy) is 3. The Kier molecular flexibility index (Phi) is 5.41. The van der Waals surface area contributed by atoms with Crippen LogP contribution in [0.5, 0.6) is 17.2 Å². The summed E-state index contributed by atoms with van der Waals surface area (Å²) in [5.74, 6) is 3.88. The lowest BCUT2D eigenvalue weighted by molar-refractivity contribution is -0.0502. The molecule has 0 radical (unpaired) electrons. The predicted molar refractivity (Wildman–Crippen MR) is 131 cm³/mol. The van der Waals surface area contributed by atoms with Crippen molar-refractivity contribution >= 4 is 10.9 Å². The van der Waals surface area contributed by atoms with Crippen LogP contribution in [-0.4, -0.2) is 62.4 Å². The highest BCUT2D eigenvalue weighted by atomic mass is 16.5. The minimum atomic E-state index is 0.178. The maximum Gasteiger partial charge on any atom is 0.163 e. The molecule has 0 amide bonds. The van der Waals surface area contributed by atoms with Gasteiger partial charge in [-0.2, -0.15) is 0 Å². The highest BCUT2D eigenvalue weighted by Gasteiger charge is 2.49. The molecule has 2 saturated heterocycles. The van der Waals surface area contributed by atoms with E-state index in [-0.39, 0.29) is 12.2 Å². The van der Waals surface area contributed by atoms with Crippen LogP contribution in [0.2, 0.25) is 0 Å². The first-order valence-corrected chi connectivity index (χ1v) is 12.3. The largest absolute Gasteiger partial charge is 0.493 e. The van der Waals surface area contributed by atoms with E-state index in [1.165, 1.54) is 0 Å². The van der Waals surface area contributed by atoms with E-state index in [0.717, 1.165) is 97.2 Å². The molecule has 2 aromatic heterocycles. The van der Waals surface area contributed by atoms with E-state index in [2.05, 4.69) is 17.3 Å². The number of pyridine rings is 1. The summed E-state index contributed by atoms with van der Waals surface area (Å²) in [6.45, 7) is 6.23. The Labute approximate surface area is 200 Å². The second-order valence-corrected chi connectivity index (χ2v) is 10.3. The molecule has 180 valence electrons. The number of aromatic nitrogens is 1. The van der Waals surface area contributed by atoms with Crippen LogP contribution < -0.4 is 19.5 Å². The van der Waals surface area contributed by atoms with Gasteiger partial charge in [0.15, 0.2) is 17.3 Å². The van der Waals surface area contributed by atoms with Crippen molar-refractivity contribution in [3.8, 4) is 28.7 Å². The second-order valence-electron chi connectivity index (χ2n) is 10.3. The lowest BCUT2D eigenvalue weighted by Gasteiger charge is -2.53. The molecule has 1 aromatic carbocycles. The maximum atomic E-state index is 6.58. The minimum Gasteiger partial charge on any atom is -0.493 e. The molecule has 1 saturated carbocycles. The fourth-order valence-electron chi connectivity index (χ4n) is 5.47. The summed E-state index contributed by atoms with van der Waals surface area (Å²) in [5, 5.41) is 4.32. The van der Waals surface area contributed by atoms with Crippen molar-refractivity contribution in [3.05, 3.63) is 36.1 Å². The molecule has 7 nitrogen and oxygen atoms in total. The van der Waals surface area contributed by atoms with Crippen LogP contribution in [-0.2, 0) is 0 Å². The molecule has 3 aromatic rings. The summed E-state index contributed by atoms with van der Waals surface area (Å²) < 4.78 is 24.6. The molecule has 34 heavy (non-hydrogen) atoms. The van der Waals surface area contributed by atoms with Gasteiger partial charge in [-0.15, -0.1) is 0 Å². The van der Waals surface area contributed by atoms with Crippen molar-refractivity contribution in [3.63, 3.8) is 0 Å². The number of piperidine rings is 1. The Morgan fingerprint density at radius 3 is 2.41 bits per heavy atom. The molecule has 0 atom stereocenters. The molecule has 6 rings (SSSR count). The van der Waals surface area contributed by atoms with Crippen LogP contribution in [0, 0.1) is 12.3 Å². The third kappa shape index (κ3) is 4.01. The van der Waals surface area contributed by atoms with Crippen LogP contribution >= 0.6 is 0 Å². The van der Waals surface area contributed by atoms with Crippen molar-refractivity contribution in [1.29, 1.82) is 0 Å². The zero-order chi connectivity index (χ0) is 23.3. The van der Waals surface area contributed by atoms with Crippen LogP contribution in [0.25, 0.3) is 22.4 Å². The average Bonchev–Trinajstić information content (AvgIpc) is 3.22. The van der Waals surface area contributed by atoms with E-state index in [9.17, 15) is 0 Å². The van der Waals surface area contributed by atoms with Gasteiger partial charge < -0.3 is 28.8 Å². The number of benzene rings is 1. The minimum absolute atomic E-state index is 0.178. The summed E-state index contributed by atoms with van der Waals surface area (Å²) in [5.41, 5.74) is 2.04. The van der Waals surface area contributed by atoms with Crippen molar-refractivity contribution in [2.24, 2.45) is 5.41 Å². The first-order chi connectivity index (χ1) is 16.5. The first-order valence-electron chi connectivity index (χ1n) is 12.3. The number of nitrogens with one attached hydrogen (secondary N) is 1. The van der Waals surface area contributed by atoms with Gasteiger partial charge in [-0.1, -0.05) is 0 Å². The Balaban J connectivity index is 1.36. The maximum absolute atomic E-state index is 6.58. The molecule has 4 heterocycles. The number of fused-ring (bicyclic) bond motifs is 1. The zero-order valence-corrected chi connectivity index (χ0v) is 20.2. The standard InChI is InChI=1S/C27H33N3O4/c1-17-4-5-23(32-17)22-12-24(33-18-6-8-30(2)9-7-18)20-10-25(31-3)26(11-21(20)29-22)34-19-13-27(14-19)15-28-16-27/h4-5,10-12,18-19,28H,6-9,13-16H2,1-3H3. The fraction of sp³-hybridized carbons (Fsp3) is 0.519. The highest BCUT2D eigenvalue weighted by Crippen LogP contribution is 2.47. The lowest BCUT2D eigenvalue weighted by atomic mass is 9.63. The highest BCUT2D eigenvalue weighted by molar-refractivity contribution is 5.90. The monoisotopic (exact) mass is 463 g/mol. The lowest BCUT2D eigenvalue weighted by Crippen LogP contribution is -2.62. The van der Waals surface area contributed by atoms with E-state index in [1.807, 2.05) is 37.3 Å². The molecular formula is C27H33N3O4. The molecule has 3 fully saturated rings. The number of nitrogens with zero attached hydrogens (tertiary/aromatic N) is 2. The van der Waals surface area contributed by atoms with Gasteiger partial charge in [0.25, 0.3) is 0 Å². The number of rotatable bonds is 6. The summed E-state index contributed by atoms with van der Waals surface area (Å²) >= 11 is 0. The predicted octanol–water partition coefficient (Wildman–Crippen LogP) is 4.42. The Hall–Kier alpha value is -2.77. The third-order valence-electron chi connectivity index (χ3n) is 7.62. The Morgan fingerprint density at radius 2 is 1.76 bits per heavy atom. The normalized spacial score (nSPS) is 20.8. The van der Waals surface area contributed by atoms with Crippen LogP contribution in [0.4, 0.5) is 0 Å². The van der Waals surface area contributed by atoms with E-state index >= 15 is 0 Å². The molecule has 1 spiro atoms. The number of aryl methyl sites for hydroxylation is 1. The third-order valence-corrected chi connectivity index (χ3v) is 7.62. The summed E-state index contributed by atoms with van der Waals surface area (Å²) in [4.78, 5) is 7.29. The smallest absolute Gasteiger partial charge is 0.163 e. The van der Waals surface area contributed by atoms with Gasteiger partial charge >= 0.3 is 0 Å². The van der Waals surface area contributed by atoms with E-state index in [4.69, 9.17) is 23.6 Å². The molecule has 0 unspecified atom stereocenters. The van der Waals surface area contributed by atoms with E-state index in [1.54, 1.807) is 7.11 Å². The van der Waals surface area contributed by atoms with Gasteiger partial charge in [0.05, 0.1) is 12.6 Å². The molecule has 1 N–H and O–H groups in total. The second kappa shape index (κ2) is 8.47. The van der Waals surface area contributed by atoms with Gasteiger partial charge in [0, 0.05) is 49.1 Å². The topological polar surface area (TPSA) is 69.0 Å². The molecule has 7 heteroatoms. The van der Waals surface area contributed by atoms with Crippen LogP contribution in [0.15, 0.2) is 34.7 Å². The van der Waals surface area contributed by atoms with Gasteiger partial charge in [-0.25, -0.2) is 4.98 Å². The number of furan rings is 1. The van der Waals surface area contributed by atoms with Crippen molar-refractivity contribution in [2.75, 3.05) is 40.3 Å². The number of likely N-dealkylation sites (tertiary alicyclic amines) is 1. The molecule has 1 aliphatic carbocycles. The molecule has 2 aliphatic heterocycles. The van der Waals surface area contributed by atoms with Gasteiger partial charge in [-0.05, 0) is 57.9 Å². The van der Waals surface area contributed by atoms with Crippen LogP contribution in [0.1, 0.15) is 31.4 Å². The van der Waals surface area contributed by atoms with Crippen molar-refractivity contribution in [2.45, 2.75) is 44.8 Å². The summed E-state index contributed by atoms with van der Waals surface area (Å²) in [6, 6.07) is 9.93. The average molecular weight is 464 g/mol. The van der Waals surface area contributed by atoms with Gasteiger partial charge in [0.1, 0.15) is 29.4 Å². The fourth-order valence-corrected chi connectivity index (χ4v) is 5.47. The number of methoxy groups -OCH3 is 1. The first kappa shape index (κ1) is 21.7. The molecule has 0 bridgehead atoms. The van der Waals surface area contributed by atoms with Gasteiger partial charge in [0.2, 0.25) is 0 Å². The Bertz CT molecular complexity index is 1190. The SMILES string of the molecule is COc1cc2c(OC3CCN(C)CC3)cc(-c3ccc(C)o3)nc2cc1OC1CC2(CNC2)C1.